The zero-order chi connectivity index (χ0) is 15.6. The summed E-state index contributed by atoms with van der Waals surface area (Å²) in [6.07, 6.45) is 8.85. The number of hydrogen-bond acceptors (Lipinski definition) is 2. The van der Waals surface area contributed by atoms with Crippen LogP contribution in [0.1, 0.15) is 12.5 Å². The normalized spacial score (nSPS) is 14.4. The van der Waals surface area contributed by atoms with E-state index in [9.17, 15) is 8.78 Å². The van der Waals surface area contributed by atoms with Crippen LogP contribution in [0.15, 0.2) is 42.1 Å². The van der Waals surface area contributed by atoms with Gasteiger partial charge >= 0.3 is 0 Å². The van der Waals surface area contributed by atoms with Crippen LogP contribution >= 0.6 is 0 Å². The second-order valence-corrected chi connectivity index (χ2v) is 4.44. The largest absolute Gasteiger partial charge is 0.491 e. The van der Waals surface area contributed by atoms with Gasteiger partial charge in [0, 0.05) is 29.1 Å². The van der Waals surface area contributed by atoms with Crippen molar-refractivity contribution >= 4 is 5.70 Å². The van der Waals surface area contributed by atoms with Crippen LogP contribution in [-0.2, 0) is 0 Å². The predicted molar refractivity (Wildman–Crippen MR) is 79.3 cm³/mol. The lowest BCUT2D eigenvalue weighted by Gasteiger charge is -2.31. The van der Waals surface area contributed by atoms with Gasteiger partial charge < -0.3 is 9.64 Å². The standard InChI is InChI=1S/C17H15F2NO/c1-5-12-7-8-16(20(6-2)11(12)3)13-9-14(18)17(21-4)15(19)10-13/h1,7-10H,3,6H2,2,4H3. The van der Waals surface area contributed by atoms with Crippen LogP contribution in [0.4, 0.5) is 8.78 Å². The number of benzene rings is 1. The summed E-state index contributed by atoms with van der Waals surface area (Å²) in [4.78, 5) is 1.82. The molecule has 21 heavy (non-hydrogen) atoms. The average Bonchev–Trinajstić information content (AvgIpc) is 2.46. The maximum Gasteiger partial charge on any atom is 0.190 e. The lowest BCUT2D eigenvalue weighted by Crippen LogP contribution is -2.23. The minimum Gasteiger partial charge on any atom is -0.491 e. The Labute approximate surface area is 123 Å². The van der Waals surface area contributed by atoms with Crippen molar-refractivity contribution in [2.45, 2.75) is 6.92 Å². The van der Waals surface area contributed by atoms with E-state index >= 15 is 0 Å². The second kappa shape index (κ2) is 5.84. The number of rotatable bonds is 3. The lowest BCUT2D eigenvalue weighted by atomic mass is 10.0. The monoisotopic (exact) mass is 287 g/mol. The number of likely N-dealkylation sites (N-methyl/N-ethyl adjacent to an activating group) is 1. The molecule has 0 saturated heterocycles. The van der Waals surface area contributed by atoms with Gasteiger partial charge in [0.05, 0.1) is 7.11 Å². The van der Waals surface area contributed by atoms with E-state index < -0.39 is 17.4 Å². The maximum absolute atomic E-state index is 13.9. The Morgan fingerprint density at radius 2 is 1.90 bits per heavy atom. The Balaban J connectivity index is 2.56. The zero-order valence-electron chi connectivity index (χ0n) is 11.9. The molecule has 1 aliphatic rings. The molecule has 0 spiro atoms. The summed E-state index contributed by atoms with van der Waals surface area (Å²) in [5.41, 5.74) is 2.33. The molecular formula is C17H15F2NO. The van der Waals surface area contributed by atoms with E-state index in [-0.39, 0.29) is 0 Å². The summed E-state index contributed by atoms with van der Waals surface area (Å²) >= 11 is 0. The molecule has 0 unspecified atom stereocenters. The van der Waals surface area contributed by atoms with Crippen molar-refractivity contribution in [3.05, 3.63) is 59.3 Å². The quantitative estimate of drug-likeness (QED) is 0.786. The second-order valence-electron chi connectivity index (χ2n) is 4.44. The SMILES string of the molecule is C#CC1=CC=C(c2cc(F)c(OC)c(F)c2)N(CC)C1=C. The van der Waals surface area contributed by atoms with E-state index in [0.717, 1.165) is 0 Å². The highest BCUT2D eigenvalue weighted by molar-refractivity contribution is 5.72. The Hall–Kier alpha value is -2.54. The van der Waals surface area contributed by atoms with Crippen LogP contribution in [-0.4, -0.2) is 18.6 Å². The van der Waals surface area contributed by atoms with Gasteiger partial charge in [0.2, 0.25) is 0 Å². The first-order valence-corrected chi connectivity index (χ1v) is 6.42. The number of allylic oxidation sites excluding steroid dienone is 3. The van der Waals surface area contributed by atoms with Crippen LogP contribution < -0.4 is 4.74 Å². The Bertz CT molecular complexity index is 672. The van der Waals surface area contributed by atoms with Gasteiger partial charge in [-0.15, -0.1) is 6.42 Å². The van der Waals surface area contributed by atoms with Gasteiger partial charge in [0.15, 0.2) is 17.4 Å². The summed E-state index contributed by atoms with van der Waals surface area (Å²) in [5.74, 6) is 0.650. The average molecular weight is 287 g/mol. The minimum atomic E-state index is -0.748. The van der Waals surface area contributed by atoms with Crippen molar-refractivity contribution in [3.63, 3.8) is 0 Å². The van der Waals surface area contributed by atoms with Crippen molar-refractivity contribution in [2.75, 3.05) is 13.7 Å². The van der Waals surface area contributed by atoms with Gasteiger partial charge in [0.25, 0.3) is 0 Å². The third-order valence-corrected chi connectivity index (χ3v) is 3.31. The molecule has 2 nitrogen and oxygen atoms in total. The van der Waals surface area contributed by atoms with Crippen LogP contribution in [0.5, 0.6) is 5.75 Å². The summed E-state index contributed by atoms with van der Waals surface area (Å²) in [6.45, 7) is 6.43. The Kier molecular flexibility index (Phi) is 4.13. The Morgan fingerprint density at radius 3 is 2.38 bits per heavy atom. The van der Waals surface area contributed by atoms with Crippen LogP contribution in [0.25, 0.3) is 5.70 Å². The fourth-order valence-electron chi connectivity index (χ4n) is 2.29. The van der Waals surface area contributed by atoms with Crippen LogP contribution in [0, 0.1) is 24.0 Å². The molecule has 0 fully saturated rings. The molecule has 1 aromatic rings. The maximum atomic E-state index is 13.9. The first kappa shape index (κ1) is 14.9. The molecule has 1 heterocycles. The van der Waals surface area contributed by atoms with Gasteiger partial charge in [0.1, 0.15) is 0 Å². The molecule has 0 radical (unpaired) electrons. The summed E-state index contributed by atoms with van der Waals surface area (Å²) in [5, 5.41) is 0. The third kappa shape index (κ3) is 2.55. The summed E-state index contributed by atoms with van der Waals surface area (Å²) in [6, 6.07) is 2.47. The first-order valence-electron chi connectivity index (χ1n) is 6.42. The van der Waals surface area contributed by atoms with Gasteiger partial charge in [-0.2, -0.15) is 0 Å². The molecule has 0 aliphatic carbocycles. The Morgan fingerprint density at radius 1 is 1.29 bits per heavy atom. The fraction of sp³-hybridized carbons (Fsp3) is 0.176. The molecule has 0 atom stereocenters. The number of methoxy groups -OCH3 is 1. The summed E-state index contributed by atoms with van der Waals surface area (Å²) in [7, 11) is 1.23. The van der Waals surface area contributed by atoms with Crippen molar-refractivity contribution in [2.24, 2.45) is 0 Å². The van der Waals surface area contributed by atoms with Crippen molar-refractivity contribution in [3.8, 4) is 18.1 Å². The van der Waals surface area contributed by atoms with Crippen LogP contribution in [0.2, 0.25) is 0 Å². The molecule has 0 amide bonds. The first-order chi connectivity index (χ1) is 10.0. The number of ether oxygens (including phenoxy) is 1. The molecule has 4 heteroatoms. The molecule has 1 aromatic carbocycles. The predicted octanol–water partition coefficient (Wildman–Crippen LogP) is 3.72. The smallest absolute Gasteiger partial charge is 0.190 e. The van der Waals surface area contributed by atoms with Crippen molar-refractivity contribution in [1.82, 2.24) is 4.90 Å². The highest BCUT2D eigenvalue weighted by Crippen LogP contribution is 2.33. The van der Waals surface area contributed by atoms with E-state index in [2.05, 4.69) is 17.2 Å². The number of hydrogen-bond donors (Lipinski definition) is 0. The van der Waals surface area contributed by atoms with E-state index in [4.69, 9.17) is 6.42 Å². The topological polar surface area (TPSA) is 12.5 Å². The summed E-state index contributed by atoms with van der Waals surface area (Å²) < 4.78 is 32.4. The fourth-order valence-corrected chi connectivity index (χ4v) is 2.29. The molecule has 0 aromatic heterocycles. The highest BCUT2D eigenvalue weighted by Gasteiger charge is 2.21. The van der Waals surface area contributed by atoms with Gasteiger partial charge in [-0.25, -0.2) is 8.78 Å². The van der Waals surface area contributed by atoms with Gasteiger partial charge in [-0.3, -0.25) is 0 Å². The lowest BCUT2D eigenvalue weighted by molar-refractivity contribution is 0.359. The molecular weight excluding hydrogens is 272 g/mol. The number of nitrogens with zero attached hydrogens (tertiary/aromatic N) is 1. The number of halogens is 2. The minimum absolute atomic E-state index is 0.392. The number of terminal acetylenes is 1. The van der Waals surface area contributed by atoms with Gasteiger partial charge in [-0.05, 0) is 31.2 Å². The molecule has 108 valence electrons. The third-order valence-electron chi connectivity index (χ3n) is 3.31. The molecule has 0 saturated carbocycles. The zero-order valence-corrected chi connectivity index (χ0v) is 11.9. The molecule has 2 rings (SSSR count). The van der Waals surface area contributed by atoms with E-state index in [0.29, 0.717) is 29.1 Å². The van der Waals surface area contributed by atoms with Gasteiger partial charge in [-0.1, -0.05) is 12.5 Å². The molecule has 1 aliphatic heterocycles. The van der Waals surface area contributed by atoms with E-state index in [1.165, 1.54) is 19.2 Å². The highest BCUT2D eigenvalue weighted by atomic mass is 19.1. The van der Waals surface area contributed by atoms with Crippen molar-refractivity contribution in [1.29, 1.82) is 0 Å². The van der Waals surface area contributed by atoms with E-state index in [1.54, 1.807) is 12.2 Å². The van der Waals surface area contributed by atoms with Crippen molar-refractivity contribution < 1.29 is 13.5 Å². The van der Waals surface area contributed by atoms with E-state index in [1.807, 2.05) is 11.8 Å². The molecule has 0 N–H and O–H groups in total. The van der Waals surface area contributed by atoms with Crippen LogP contribution in [0.3, 0.4) is 0 Å². The molecule has 0 bridgehead atoms.